The van der Waals surface area contributed by atoms with Crippen LogP contribution in [0, 0.1) is 0 Å². The first-order valence-electron chi connectivity index (χ1n) is 3.51. The lowest BCUT2D eigenvalue weighted by molar-refractivity contribution is -0.136. The van der Waals surface area contributed by atoms with Crippen LogP contribution in [0.25, 0.3) is 0 Å². The molecule has 0 saturated heterocycles. The van der Waals surface area contributed by atoms with Crippen molar-refractivity contribution in [2.75, 3.05) is 6.54 Å². The number of pyridine rings is 1. The number of carbonyl (C=O) groups is 2. The van der Waals surface area contributed by atoms with E-state index in [1.807, 2.05) is 23.5 Å². The molecule has 1 heterocycles. The van der Waals surface area contributed by atoms with Crippen LogP contribution in [0.5, 0.6) is 0 Å². The molecule has 0 aromatic carbocycles. The molecule has 0 radical (unpaired) electrons. The Morgan fingerprint density at radius 2 is 2.00 bits per heavy atom. The van der Waals surface area contributed by atoms with Crippen molar-refractivity contribution in [1.82, 2.24) is 10.3 Å². The Kier molecular flexibility index (Phi) is 6.99. The van der Waals surface area contributed by atoms with Crippen molar-refractivity contribution in [2.24, 2.45) is 0 Å². The highest BCUT2D eigenvalue weighted by Crippen LogP contribution is 1.73. The van der Waals surface area contributed by atoms with Gasteiger partial charge in [0.05, 0.1) is 0 Å². The molecule has 0 spiro atoms. The molecule has 5 nitrogen and oxygen atoms in total. The molecule has 5 heteroatoms. The number of nitrogens with one attached hydrogen (secondary N) is 1. The van der Waals surface area contributed by atoms with Crippen LogP contribution in [0.2, 0.25) is 0 Å². The van der Waals surface area contributed by atoms with Crippen LogP contribution >= 0.6 is 0 Å². The molecular weight excluding hydrogens is 172 g/mol. The average Bonchev–Trinajstić information content (AvgIpc) is 2.18. The molecule has 70 valence electrons. The van der Waals surface area contributed by atoms with E-state index in [9.17, 15) is 9.59 Å². The topological polar surface area (TPSA) is 79.3 Å². The maximum atomic E-state index is 9.54. The van der Waals surface area contributed by atoms with Crippen LogP contribution in [-0.4, -0.2) is 29.0 Å². The molecule has 0 fully saturated rings. The van der Waals surface area contributed by atoms with E-state index in [0.29, 0.717) is 6.41 Å². The summed E-state index contributed by atoms with van der Waals surface area (Å²) in [6.45, 7) is -0.302. The number of aromatic nitrogens is 1. The number of carbonyl (C=O) groups excluding carboxylic acids is 1. The fourth-order valence-corrected chi connectivity index (χ4v) is 0.442. The molecule has 0 bridgehead atoms. The third-order valence-corrected chi connectivity index (χ3v) is 0.903. The molecular formula is C8H10N2O3. The highest BCUT2D eigenvalue weighted by atomic mass is 16.4. The number of hydrogen-bond donors (Lipinski definition) is 2. The van der Waals surface area contributed by atoms with Crippen LogP contribution in [0.15, 0.2) is 30.6 Å². The van der Waals surface area contributed by atoms with Crippen molar-refractivity contribution in [3.05, 3.63) is 30.6 Å². The van der Waals surface area contributed by atoms with E-state index in [1.54, 1.807) is 12.4 Å². The Hall–Kier alpha value is -1.91. The second-order valence-corrected chi connectivity index (χ2v) is 1.92. The number of carboxylic acid groups (broad SMARTS) is 1. The maximum absolute atomic E-state index is 9.54. The molecule has 13 heavy (non-hydrogen) atoms. The third-order valence-electron chi connectivity index (χ3n) is 0.903. The number of aliphatic carboxylic acids is 1. The Bertz CT molecular complexity index is 212. The fourth-order valence-electron chi connectivity index (χ4n) is 0.442. The van der Waals surface area contributed by atoms with Gasteiger partial charge in [0.15, 0.2) is 0 Å². The minimum atomic E-state index is -1.04. The van der Waals surface area contributed by atoms with Crippen LogP contribution < -0.4 is 5.32 Å². The zero-order valence-corrected chi connectivity index (χ0v) is 6.88. The van der Waals surface area contributed by atoms with E-state index in [1.165, 1.54) is 0 Å². The summed E-state index contributed by atoms with van der Waals surface area (Å²) in [6.07, 6.45) is 3.84. The first-order valence-corrected chi connectivity index (χ1v) is 3.51. The highest BCUT2D eigenvalue weighted by Gasteiger charge is 1.88. The first-order chi connectivity index (χ1) is 6.27. The summed E-state index contributed by atoms with van der Waals surface area (Å²) in [5, 5.41) is 9.79. The summed E-state index contributed by atoms with van der Waals surface area (Å²) < 4.78 is 0. The molecule has 1 amide bonds. The summed E-state index contributed by atoms with van der Waals surface area (Å²) in [4.78, 5) is 22.7. The van der Waals surface area contributed by atoms with E-state index >= 15 is 0 Å². The van der Waals surface area contributed by atoms with Gasteiger partial charge in [-0.25, -0.2) is 0 Å². The van der Waals surface area contributed by atoms with Crippen molar-refractivity contribution in [2.45, 2.75) is 0 Å². The second-order valence-electron chi connectivity index (χ2n) is 1.92. The lowest BCUT2D eigenvalue weighted by Crippen LogP contribution is -2.20. The molecule has 1 rings (SSSR count). The molecule has 0 atom stereocenters. The van der Waals surface area contributed by atoms with Gasteiger partial charge >= 0.3 is 5.97 Å². The maximum Gasteiger partial charge on any atom is 0.322 e. The lowest BCUT2D eigenvalue weighted by atomic mass is 10.5. The van der Waals surface area contributed by atoms with E-state index < -0.39 is 5.97 Å². The summed E-state index contributed by atoms with van der Waals surface area (Å²) in [5.41, 5.74) is 0. The van der Waals surface area contributed by atoms with Crippen LogP contribution in [-0.2, 0) is 9.59 Å². The molecule has 0 saturated carbocycles. The normalized spacial score (nSPS) is 7.69. The fraction of sp³-hybridized carbons (Fsp3) is 0.125. The predicted octanol–water partition coefficient (Wildman–Crippen LogP) is -0.101. The van der Waals surface area contributed by atoms with E-state index in [0.717, 1.165) is 0 Å². The van der Waals surface area contributed by atoms with Gasteiger partial charge in [-0.05, 0) is 12.1 Å². The van der Waals surface area contributed by atoms with Gasteiger partial charge in [-0.2, -0.15) is 0 Å². The summed E-state index contributed by atoms with van der Waals surface area (Å²) in [5.74, 6) is -1.04. The van der Waals surface area contributed by atoms with Gasteiger partial charge in [-0.3, -0.25) is 14.6 Å². The lowest BCUT2D eigenvalue weighted by Gasteiger charge is -1.85. The van der Waals surface area contributed by atoms with Crippen LogP contribution in [0.1, 0.15) is 0 Å². The molecule has 1 aromatic rings. The Morgan fingerprint density at radius 3 is 2.15 bits per heavy atom. The van der Waals surface area contributed by atoms with Crippen molar-refractivity contribution in [3.63, 3.8) is 0 Å². The minimum Gasteiger partial charge on any atom is -0.480 e. The Labute approximate surface area is 75.4 Å². The van der Waals surface area contributed by atoms with Crippen molar-refractivity contribution < 1.29 is 14.7 Å². The number of amides is 1. The zero-order valence-electron chi connectivity index (χ0n) is 6.88. The standard InChI is InChI=1S/C5H5N.C3H5NO3/c1-2-4-6-5-3-1;5-2-4-1-3(6)7/h1-5H;2H,1H2,(H,4,5)(H,6,7). The first kappa shape index (κ1) is 11.1. The smallest absolute Gasteiger partial charge is 0.322 e. The molecule has 1 aromatic heterocycles. The predicted molar refractivity (Wildman–Crippen MR) is 45.9 cm³/mol. The Morgan fingerprint density at radius 1 is 1.38 bits per heavy atom. The second kappa shape index (κ2) is 8.19. The Balaban J connectivity index is 0.000000223. The third kappa shape index (κ3) is 10.1. The minimum absolute atomic E-state index is 0.302. The van der Waals surface area contributed by atoms with Crippen LogP contribution in [0.4, 0.5) is 0 Å². The van der Waals surface area contributed by atoms with E-state index in [2.05, 4.69) is 4.98 Å². The van der Waals surface area contributed by atoms with Gasteiger partial charge in [0.25, 0.3) is 0 Å². The van der Waals surface area contributed by atoms with Crippen molar-refractivity contribution >= 4 is 12.4 Å². The molecule has 2 N–H and O–H groups in total. The molecule has 0 aliphatic carbocycles. The number of nitrogens with zero attached hydrogens (tertiary/aromatic N) is 1. The van der Waals surface area contributed by atoms with Crippen molar-refractivity contribution in [1.29, 1.82) is 0 Å². The number of carboxylic acids is 1. The molecule has 0 aliphatic rings. The summed E-state index contributed by atoms with van der Waals surface area (Å²) in [6, 6.07) is 5.72. The average molecular weight is 182 g/mol. The molecule has 0 aliphatic heterocycles. The molecule has 0 unspecified atom stereocenters. The van der Waals surface area contributed by atoms with Crippen LogP contribution in [0.3, 0.4) is 0 Å². The van der Waals surface area contributed by atoms with Crippen molar-refractivity contribution in [3.8, 4) is 0 Å². The van der Waals surface area contributed by atoms with Gasteiger partial charge in [0, 0.05) is 12.4 Å². The summed E-state index contributed by atoms with van der Waals surface area (Å²) >= 11 is 0. The highest BCUT2D eigenvalue weighted by molar-refractivity contribution is 5.71. The van der Waals surface area contributed by atoms with Gasteiger partial charge in [-0.15, -0.1) is 0 Å². The number of hydrogen-bond acceptors (Lipinski definition) is 3. The quantitative estimate of drug-likeness (QED) is 0.639. The van der Waals surface area contributed by atoms with Gasteiger partial charge in [0.2, 0.25) is 6.41 Å². The van der Waals surface area contributed by atoms with Gasteiger partial charge in [-0.1, -0.05) is 6.07 Å². The monoisotopic (exact) mass is 182 g/mol. The summed E-state index contributed by atoms with van der Waals surface area (Å²) in [7, 11) is 0. The largest absolute Gasteiger partial charge is 0.480 e. The zero-order chi connectivity index (χ0) is 9.94. The van der Waals surface area contributed by atoms with Gasteiger partial charge in [0.1, 0.15) is 6.54 Å². The number of rotatable bonds is 3. The van der Waals surface area contributed by atoms with E-state index in [4.69, 9.17) is 5.11 Å². The van der Waals surface area contributed by atoms with Gasteiger partial charge < -0.3 is 10.4 Å². The SMILES string of the molecule is O=CNCC(=O)O.c1ccncc1. The van der Waals surface area contributed by atoms with E-state index in [-0.39, 0.29) is 6.54 Å².